The summed E-state index contributed by atoms with van der Waals surface area (Å²) in [5.74, 6) is 0.488. The number of fused-ring (bicyclic) bond motifs is 1. The second-order valence-electron chi connectivity index (χ2n) is 5.12. The van der Waals surface area contributed by atoms with Crippen LogP contribution >= 0.6 is 15.9 Å². The maximum atomic E-state index is 12.3. The monoisotopic (exact) mass is 374 g/mol. The summed E-state index contributed by atoms with van der Waals surface area (Å²) in [6.07, 6.45) is 0. The number of hydrogen-bond acceptors (Lipinski definition) is 4. The van der Waals surface area contributed by atoms with E-state index in [1.54, 1.807) is 7.11 Å². The summed E-state index contributed by atoms with van der Waals surface area (Å²) in [5.41, 5.74) is 2.30. The SMILES string of the molecule is COc1cccc(COC(=O)c2oc3ccc(Br)cc3c2C)c1. The number of carbonyl (C=O) groups excluding carboxylic acids is 1. The van der Waals surface area contributed by atoms with Crippen LogP contribution in [-0.4, -0.2) is 13.1 Å². The van der Waals surface area contributed by atoms with Gasteiger partial charge in [0.1, 0.15) is 17.9 Å². The minimum atomic E-state index is -0.474. The molecule has 0 radical (unpaired) electrons. The van der Waals surface area contributed by atoms with Gasteiger partial charge in [-0.25, -0.2) is 4.79 Å². The summed E-state index contributed by atoms with van der Waals surface area (Å²) in [6.45, 7) is 2.01. The fourth-order valence-electron chi connectivity index (χ4n) is 2.36. The van der Waals surface area contributed by atoms with Gasteiger partial charge >= 0.3 is 5.97 Å². The van der Waals surface area contributed by atoms with Crippen LogP contribution in [0.3, 0.4) is 0 Å². The van der Waals surface area contributed by atoms with Gasteiger partial charge in [0, 0.05) is 15.4 Å². The average molecular weight is 375 g/mol. The lowest BCUT2D eigenvalue weighted by Crippen LogP contribution is -2.05. The van der Waals surface area contributed by atoms with Crippen molar-refractivity contribution in [2.24, 2.45) is 0 Å². The highest BCUT2D eigenvalue weighted by molar-refractivity contribution is 9.10. The quantitative estimate of drug-likeness (QED) is 0.611. The van der Waals surface area contributed by atoms with Gasteiger partial charge < -0.3 is 13.9 Å². The molecule has 1 aromatic heterocycles. The zero-order chi connectivity index (χ0) is 16.4. The molecule has 0 aliphatic carbocycles. The Labute approximate surface area is 142 Å². The molecule has 3 rings (SSSR count). The maximum absolute atomic E-state index is 12.3. The van der Waals surface area contributed by atoms with Crippen LogP contribution in [0.2, 0.25) is 0 Å². The van der Waals surface area contributed by atoms with E-state index in [0.717, 1.165) is 26.7 Å². The molecule has 0 aliphatic heterocycles. The molecule has 118 valence electrons. The second kappa shape index (κ2) is 6.46. The molecule has 0 amide bonds. The molecular formula is C18H15BrO4. The Bertz CT molecular complexity index is 867. The van der Waals surface area contributed by atoms with Crippen LogP contribution in [-0.2, 0) is 11.3 Å². The Morgan fingerprint density at radius 3 is 2.83 bits per heavy atom. The van der Waals surface area contributed by atoms with Crippen molar-refractivity contribution in [3.8, 4) is 5.75 Å². The largest absolute Gasteiger partial charge is 0.497 e. The van der Waals surface area contributed by atoms with E-state index in [-0.39, 0.29) is 12.4 Å². The standard InChI is InChI=1S/C18H15BrO4/c1-11-15-9-13(19)6-7-16(15)23-17(11)18(20)22-10-12-4-3-5-14(8-12)21-2/h3-9H,10H2,1-2H3. The van der Waals surface area contributed by atoms with E-state index >= 15 is 0 Å². The van der Waals surface area contributed by atoms with Crippen molar-refractivity contribution >= 4 is 32.9 Å². The molecule has 0 atom stereocenters. The van der Waals surface area contributed by atoms with Crippen molar-refractivity contribution in [2.75, 3.05) is 7.11 Å². The number of furan rings is 1. The number of carbonyl (C=O) groups is 1. The van der Waals surface area contributed by atoms with Gasteiger partial charge in [0.05, 0.1) is 7.11 Å². The van der Waals surface area contributed by atoms with E-state index in [0.29, 0.717) is 5.58 Å². The van der Waals surface area contributed by atoms with Crippen LogP contribution in [0.25, 0.3) is 11.0 Å². The molecule has 0 bridgehead atoms. The fraction of sp³-hybridized carbons (Fsp3) is 0.167. The number of esters is 1. The summed E-state index contributed by atoms with van der Waals surface area (Å²) in [7, 11) is 1.60. The molecular weight excluding hydrogens is 360 g/mol. The van der Waals surface area contributed by atoms with E-state index in [1.165, 1.54) is 0 Å². The zero-order valence-corrected chi connectivity index (χ0v) is 14.3. The molecule has 0 saturated carbocycles. The zero-order valence-electron chi connectivity index (χ0n) is 12.8. The second-order valence-corrected chi connectivity index (χ2v) is 6.04. The third-order valence-corrected chi connectivity index (χ3v) is 4.08. The van der Waals surface area contributed by atoms with Gasteiger partial charge in [-0.3, -0.25) is 0 Å². The molecule has 2 aromatic carbocycles. The molecule has 0 aliphatic rings. The highest BCUT2D eigenvalue weighted by Gasteiger charge is 2.19. The molecule has 3 aromatic rings. The first kappa shape index (κ1) is 15.6. The topological polar surface area (TPSA) is 48.7 Å². The molecule has 0 N–H and O–H groups in total. The minimum Gasteiger partial charge on any atom is -0.497 e. The number of methoxy groups -OCH3 is 1. The van der Waals surface area contributed by atoms with Gasteiger partial charge in [0.2, 0.25) is 5.76 Å². The van der Waals surface area contributed by atoms with Crippen LogP contribution in [0.5, 0.6) is 5.75 Å². The molecule has 0 spiro atoms. The van der Waals surface area contributed by atoms with E-state index in [9.17, 15) is 4.79 Å². The van der Waals surface area contributed by atoms with Gasteiger partial charge in [0.25, 0.3) is 0 Å². The number of aryl methyl sites for hydroxylation is 1. The molecule has 23 heavy (non-hydrogen) atoms. The Morgan fingerprint density at radius 2 is 2.04 bits per heavy atom. The molecule has 1 heterocycles. The number of benzene rings is 2. The van der Waals surface area contributed by atoms with Crippen molar-refractivity contribution in [3.05, 3.63) is 63.8 Å². The third kappa shape index (κ3) is 3.24. The normalized spacial score (nSPS) is 10.7. The fourth-order valence-corrected chi connectivity index (χ4v) is 2.73. The predicted octanol–water partition coefficient (Wildman–Crippen LogP) is 4.87. The van der Waals surface area contributed by atoms with Crippen molar-refractivity contribution in [2.45, 2.75) is 13.5 Å². The summed E-state index contributed by atoms with van der Waals surface area (Å²) in [5, 5.41) is 0.896. The van der Waals surface area contributed by atoms with Crippen LogP contribution in [0.15, 0.2) is 51.4 Å². The van der Waals surface area contributed by atoms with Crippen molar-refractivity contribution in [3.63, 3.8) is 0 Å². The Balaban J connectivity index is 1.79. The lowest BCUT2D eigenvalue weighted by molar-refractivity contribution is 0.0437. The van der Waals surface area contributed by atoms with E-state index in [2.05, 4.69) is 15.9 Å². The minimum absolute atomic E-state index is 0.163. The molecule has 0 saturated heterocycles. The maximum Gasteiger partial charge on any atom is 0.374 e. The first-order valence-corrected chi connectivity index (χ1v) is 7.86. The van der Waals surface area contributed by atoms with Gasteiger partial charge in [-0.05, 0) is 42.8 Å². The Morgan fingerprint density at radius 1 is 1.22 bits per heavy atom. The molecule has 0 unspecified atom stereocenters. The first-order chi connectivity index (χ1) is 11.1. The lowest BCUT2D eigenvalue weighted by Gasteiger charge is -2.05. The van der Waals surface area contributed by atoms with Crippen molar-refractivity contribution in [1.82, 2.24) is 0 Å². The molecule has 5 heteroatoms. The highest BCUT2D eigenvalue weighted by Crippen LogP contribution is 2.28. The Hall–Kier alpha value is -2.27. The Kier molecular flexibility index (Phi) is 4.39. The van der Waals surface area contributed by atoms with Gasteiger partial charge in [0.15, 0.2) is 0 Å². The van der Waals surface area contributed by atoms with Crippen LogP contribution in [0.4, 0.5) is 0 Å². The summed E-state index contributed by atoms with van der Waals surface area (Å²) in [4.78, 5) is 12.3. The lowest BCUT2D eigenvalue weighted by atomic mass is 10.1. The van der Waals surface area contributed by atoms with E-state index in [1.807, 2.05) is 49.4 Å². The van der Waals surface area contributed by atoms with E-state index in [4.69, 9.17) is 13.9 Å². The van der Waals surface area contributed by atoms with Crippen LogP contribution in [0.1, 0.15) is 21.7 Å². The third-order valence-electron chi connectivity index (χ3n) is 3.59. The first-order valence-electron chi connectivity index (χ1n) is 7.07. The van der Waals surface area contributed by atoms with Crippen LogP contribution < -0.4 is 4.74 Å². The summed E-state index contributed by atoms with van der Waals surface area (Å²) in [6, 6.07) is 13.0. The highest BCUT2D eigenvalue weighted by atomic mass is 79.9. The summed E-state index contributed by atoms with van der Waals surface area (Å²) < 4.78 is 17.1. The van der Waals surface area contributed by atoms with Crippen LogP contribution in [0, 0.1) is 6.92 Å². The molecule has 0 fully saturated rings. The average Bonchev–Trinajstić information content (AvgIpc) is 2.89. The van der Waals surface area contributed by atoms with Gasteiger partial charge in [-0.2, -0.15) is 0 Å². The number of halogens is 1. The number of rotatable bonds is 4. The van der Waals surface area contributed by atoms with Gasteiger partial charge in [-0.15, -0.1) is 0 Å². The van der Waals surface area contributed by atoms with Crippen molar-refractivity contribution < 1.29 is 18.7 Å². The van der Waals surface area contributed by atoms with Gasteiger partial charge in [-0.1, -0.05) is 28.1 Å². The molecule has 4 nitrogen and oxygen atoms in total. The number of hydrogen-bond donors (Lipinski definition) is 0. The smallest absolute Gasteiger partial charge is 0.374 e. The van der Waals surface area contributed by atoms with Crippen molar-refractivity contribution in [1.29, 1.82) is 0 Å². The number of ether oxygens (including phenoxy) is 2. The predicted molar refractivity (Wildman–Crippen MR) is 90.8 cm³/mol. The van der Waals surface area contributed by atoms with E-state index < -0.39 is 5.97 Å². The summed E-state index contributed by atoms with van der Waals surface area (Å²) >= 11 is 3.42.